The third-order valence-electron chi connectivity index (χ3n) is 1.38. The van der Waals surface area contributed by atoms with E-state index in [9.17, 15) is 0 Å². The van der Waals surface area contributed by atoms with Crippen LogP contribution in [0, 0.1) is 6.92 Å². The molecule has 0 unspecified atom stereocenters. The van der Waals surface area contributed by atoms with Gasteiger partial charge in [-0.15, -0.1) is 0 Å². The first-order valence-electron chi connectivity index (χ1n) is 3.83. The van der Waals surface area contributed by atoms with Gasteiger partial charge < -0.3 is 5.73 Å². The summed E-state index contributed by atoms with van der Waals surface area (Å²) in [4.78, 5) is 0. The van der Waals surface area contributed by atoms with E-state index < -0.39 is 0 Å². The molecule has 0 aliphatic heterocycles. The Morgan fingerprint density at radius 3 is 2.08 bits per heavy atom. The van der Waals surface area contributed by atoms with Crippen LogP contribution in [0.1, 0.15) is 19.4 Å². The fraction of sp³-hybridized carbons (Fsp3) is 0.333. The fourth-order valence-corrected chi connectivity index (χ4v) is 1.04. The van der Waals surface area contributed by atoms with E-state index in [-0.39, 0.29) is 0 Å². The predicted molar refractivity (Wildman–Crippen MR) is 57.0 cm³/mol. The summed E-state index contributed by atoms with van der Waals surface area (Å²) in [7, 11) is 0. The van der Waals surface area contributed by atoms with Crippen molar-refractivity contribution in [3.8, 4) is 0 Å². The quantitative estimate of drug-likeness (QED) is 0.640. The molecule has 0 aromatic heterocycles. The number of hydrogen-bond acceptors (Lipinski definition) is 1. The van der Waals surface area contributed by atoms with Crippen molar-refractivity contribution >= 4 is 28.9 Å². The Balaban J connectivity index is 0.000000561. The van der Waals surface area contributed by atoms with E-state index in [1.807, 2.05) is 20.8 Å². The lowest BCUT2D eigenvalue weighted by molar-refractivity contribution is 1.47. The average Bonchev–Trinajstić information content (AvgIpc) is 2.12. The van der Waals surface area contributed by atoms with Gasteiger partial charge in [-0.25, -0.2) is 0 Å². The van der Waals surface area contributed by atoms with Crippen molar-refractivity contribution in [2.45, 2.75) is 20.8 Å². The maximum absolute atomic E-state index is 5.77. The molecule has 0 bridgehead atoms. The molecule has 68 valence electrons. The van der Waals surface area contributed by atoms with Crippen molar-refractivity contribution in [3.05, 3.63) is 27.7 Å². The van der Waals surface area contributed by atoms with Gasteiger partial charge in [0.15, 0.2) is 0 Å². The van der Waals surface area contributed by atoms with Gasteiger partial charge in [-0.2, -0.15) is 0 Å². The highest BCUT2D eigenvalue weighted by Crippen LogP contribution is 2.28. The summed E-state index contributed by atoms with van der Waals surface area (Å²) in [5.41, 5.74) is 7.06. The summed E-state index contributed by atoms with van der Waals surface area (Å²) < 4.78 is 0. The minimum Gasteiger partial charge on any atom is -0.398 e. The molecule has 0 aliphatic rings. The third-order valence-corrected chi connectivity index (χ3v) is 2.28. The van der Waals surface area contributed by atoms with Crippen molar-refractivity contribution in [1.82, 2.24) is 0 Å². The second-order valence-corrected chi connectivity index (χ2v) is 2.86. The second kappa shape index (κ2) is 5.28. The zero-order chi connectivity index (χ0) is 9.72. The van der Waals surface area contributed by atoms with E-state index in [1.54, 1.807) is 12.1 Å². The van der Waals surface area contributed by atoms with E-state index >= 15 is 0 Å². The molecule has 12 heavy (non-hydrogen) atoms. The van der Waals surface area contributed by atoms with E-state index in [0.29, 0.717) is 15.7 Å². The van der Waals surface area contributed by atoms with E-state index in [2.05, 4.69) is 0 Å². The number of nitrogens with two attached hydrogens (primary N) is 1. The Kier molecular flexibility index (Phi) is 5.11. The SMILES string of the molecule is CC.Cc1c(N)ccc(Cl)c1Cl. The first-order chi connectivity index (χ1) is 5.63. The normalized spacial score (nSPS) is 8.75. The highest BCUT2D eigenvalue weighted by Gasteiger charge is 2.02. The number of benzene rings is 1. The van der Waals surface area contributed by atoms with Crippen molar-refractivity contribution in [1.29, 1.82) is 0 Å². The average molecular weight is 206 g/mol. The van der Waals surface area contributed by atoms with Crippen LogP contribution in [-0.2, 0) is 0 Å². The summed E-state index contributed by atoms with van der Waals surface area (Å²) in [6, 6.07) is 3.43. The lowest BCUT2D eigenvalue weighted by Crippen LogP contribution is -1.89. The maximum atomic E-state index is 5.77. The van der Waals surface area contributed by atoms with Crippen LogP contribution < -0.4 is 5.73 Å². The zero-order valence-corrected chi connectivity index (χ0v) is 9.00. The van der Waals surface area contributed by atoms with Gasteiger partial charge in [-0.3, -0.25) is 0 Å². The molecular formula is C9H13Cl2N. The molecule has 0 fully saturated rings. The van der Waals surface area contributed by atoms with Crippen molar-refractivity contribution in [2.24, 2.45) is 0 Å². The lowest BCUT2D eigenvalue weighted by Gasteiger charge is -2.02. The van der Waals surface area contributed by atoms with Crippen molar-refractivity contribution < 1.29 is 0 Å². The number of anilines is 1. The molecule has 3 heteroatoms. The van der Waals surface area contributed by atoms with Crippen LogP contribution in [0.5, 0.6) is 0 Å². The molecule has 1 rings (SSSR count). The molecule has 1 nitrogen and oxygen atoms in total. The molecule has 0 saturated carbocycles. The Labute approximate surface area is 83.5 Å². The van der Waals surface area contributed by atoms with Crippen LogP contribution in [0.25, 0.3) is 0 Å². The monoisotopic (exact) mass is 205 g/mol. The molecule has 0 radical (unpaired) electrons. The summed E-state index contributed by atoms with van der Waals surface area (Å²) in [6.45, 7) is 5.84. The standard InChI is InChI=1S/C7H7Cl2N.C2H6/c1-4-6(10)3-2-5(8)7(4)9;1-2/h2-3H,10H2,1H3;1-2H3. The topological polar surface area (TPSA) is 26.0 Å². The largest absolute Gasteiger partial charge is 0.398 e. The highest BCUT2D eigenvalue weighted by atomic mass is 35.5. The van der Waals surface area contributed by atoms with Crippen LogP contribution in [0.2, 0.25) is 10.0 Å². The molecule has 2 N–H and O–H groups in total. The van der Waals surface area contributed by atoms with Gasteiger partial charge in [0.2, 0.25) is 0 Å². The summed E-state index contributed by atoms with van der Waals surface area (Å²) in [5.74, 6) is 0. The molecule has 1 aromatic carbocycles. The molecular weight excluding hydrogens is 193 g/mol. The smallest absolute Gasteiger partial charge is 0.0641 e. The predicted octanol–water partition coefficient (Wildman–Crippen LogP) is 3.91. The van der Waals surface area contributed by atoms with E-state index in [4.69, 9.17) is 28.9 Å². The molecule has 0 saturated heterocycles. The van der Waals surface area contributed by atoms with Crippen molar-refractivity contribution in [2.75, 3.05) is 5.73 Å². The maximum Gasteiger partial charge on any atom is 0.0641 e. The van der Waals surface area contributed by atoms with Crippen LogP contribution in [-0.4, -0.2) is 0 Å². The van der Waals surface area contributed by atoms with Gasteiger partial charge in [-0.1, -0.05) is 37.0 Å². The van der Waals surface area contributed by atoms with Gasteiger partial charge >= 0.3 is 0 Å². The molecule has 0 spiro atoms. The Morgan fingerprint density at radius 2 is 1.67 bits per heavy atom. The van der Waals surface area contributed by atoms with E-state index in [1.165, 1.54) is 0 Å². The minimum absolute atomic E-state index is 0.543. The number of halogens is 2. The van der Waals surface area contributed by atoms with Gasteiger partial charge in [0.25, 0.3) is 0 Å². The lowest BCUT2D eigenvalue weighted by atomic mass is 10.2. The highest BCUT2D eigenvalue weighted by molar-refractivity contribution is 6.42. The summed E-state index contributed by atoms with van der Waals surface area (Å²) in [5, 5.41) is 1.09. The molecule has 0 heterocycles. The van der Waals surface area contributed by atoms with Gasteiger partial charge in [0, 0.05) is 5.69 Å². The van der Waals surface area contributed by atoms with Gasteiger partial charge in [0.1, 0.15) is 0 Å². The third kappa shape index (κ3) is 2.58. The minimum atomic E-state index is 0.543. The van der Waals surface area contributed by atoms with Crippen LogP contribution in [0.4, 0.5) is 5.69 Å². The van der Waals surface area contributed by atoms with E-state index in [0.717, 1.165) is 5.56 Å². The second-order valence-electron chi connectivity index (χ2n) is 2.08. The summed E-state index contributed by atoms with van der Waals surface area (Å²) >= 11 is 11.5. The number of rotatable bonds is 0. The van der Waals surface area contributed by atoms with Crippen LogP contribution in [0.3, 0.4) is 0 Å². The first kappa shape index (κ1) is 11.6. The fourth-order valence-electron chi connectivity index (χ4n) is 0.667. The van der Waals surface area contributed by atoms with Crippen LogP contribution in [0.15, 0.2) is 12.1 Å². The molecule has 1 aromatic rings. The number of nitrogen functional groups attached to an aromatic ring is 1. The van der Waals surface area contributed by atoms with Crippen LogP contribution >= 0.6 is 23.2 Å². The van der Waals surface area contributed by atoms with Gasteiger partial charge in [0.05, 0.1) is 10.0 Å². The summed E-state index contributed by atoms with van der Waals surface area (Å²) in [6.07, 6.45) is 0. The zero-order valence-electron chi connectivity index (χ0n) is 7.49. The molecule has 0 aliphatic carbocycles. The Bertz CT molecular complexity index is 232. The number of hydrogen-bond donors (Lipinski definition) is 1. The Morgan fingerprint density at radius 1 is 1.17 bits per heavy atom. The Hall–Kier alpha value is -0.400. The van der Waals surface area contributed by atoms with Crippen molar-refractivity contribution in [3.63, 3.8) is 0 Å². The molecule has 0 amide bonds. The first-order valence-corrected chi connectivity index (χ1v) is 4.58. The van der Waals surface area contributed by atoms with Gasteiger partial charge in [-0.05, 0) is 24.6 Å². The molecule has 0 atom stereocenters.